The first-order chi connectivity index (χ1) is 4.18. The van der Waals surface area contributed by atoms with Gasteiger partial charge in [0, 0.05) is 17.8 Å². The predicted molar refractivity (Wildman–Crippen MR) is 36.5 cm³/mol. The Bertz CT molecular complexity index is 97.0. The summed E-state index contributed by atoms with van der Waals surface area (Å²) >= 11 is -2.03. The summed E-state index contributed by atoms with van der Waals surface area (Å²) in [6.07, 6.45) is 1.96. The van der Waals surface area contributed by atoms with Crippen molar-refractivity contribution in [1.82, 2.24) is 4.31 Å². The number of nitrogens with zero attached hydrogens (tertiary/aromatic N) is 1. The van der Waals surface area contributed by atoms with Gasteiger partial charge in [-0.3, -0.25) is 4.21 Å². The number of unbranched alkanes of at least 4 members (excludes halogenated alkanes) is 1. The second kappa shape index (κ2) is 4.90. The van der Waals surface area contributed by atoms with E-state index in [1.165, 1.54) is 4.31 Å². The van der Waals surface area contributed by atoms with E-state index in [-0.39, 0.29) is 0 Å². The van der Waals surface area contributed by atoms with E-state index in [0.717, 1.165) is 12.8 Å². The van der Waals surface area contributed by atoms with E-state index in [0.29, 0.717) is 6.54 Å². The molecule has 0 aromatic rings. The summed E-state index contributed by atoms with van der Waals surface area (Å²) in [4.78, 5) is 0. The van der Waals surface area contributed by atoms with Crippen LogP contribution in [0, 0.1) is 0 Å². The van der Waals surface area contributed by atoms with Crippen LogP contribution in [-0.2, 0) is 11.3 Å². The van der Waals surface area contributed by atoms with Crippen LogP contribution in [0.4, 0.5) is 0 Å². The Morgan fingerprint density at radius 3 is 2.56 bits per heavy atom. The zero-order valence-electron chi connectivity index (χ0n) is 5.79. The topological polar surface area (TPSA) is 43.4 Å². The molecule has 3 nitrogen and oxygen atoms in total. The van der Waals surface area contributed by atoms with Crippen molar-refractivity contribution >= 4 is 11.3 Å². The summed E-state index contributed by atoms with van der Waals surface area (Å²) in [7, 11) is 1.57. The minimum atomic E-state index is -2.03. The lowest BCUT2D eigenvalue weighted by molar-refractivity contribution is 0.427. The van der Waals surface area contributed by atoms with E-state index >= 15 is 0 Å². The molecule has 0 rings (SSSR count). The third kappa shape index (κ3) is 4.57. The second-order valence-corrected chi connectivity index (χ2v) is 2.98. The van der Waals surface area contributed by atoms with Gasteiger partial charge >= 0.3 is 0 Å². The molecule has 0 spiro atoms. The molecule has 0 bridgehead atoms. The molecule has 0 aliphatic rings. The molecule has 56 valence electrons. The SMILES string of the molecule is CCCCN(C)S(=O)[O-]. The van der Waals surface area contributed by atoms with Crippen molar-refractivity contribution in [2.24, 2.45) is 0 Å². The van der Waals surface area contributed by atoms with Crippen molar-refractivity contribution in [1.29, 1.82) is 0 Å². The smallest absolute Gasteiger partial charge is 0.0206 e. The highest BCUT2D eigenvalue weighted by atomic mass is 32.2. The van der Waals surface area contributed by atoms with E-state index in [9.17, 15) is 8.76 Å². The largest absolute Gasteiger partial charge is 0.760 e. The molecule has 0 fully saturated rings. The van der Waals surface area contributed by atoms with Crippen molar-refractivity contribution in [3.63, 3.8) is 0 Å². The van der Waals surface area contributed by atoms with Gasteiger partial charge in [0.2, 0.25) is 0 Å². The van der Waals surface area contributed by atoms with Crippen molar-refractivity contribution in [2.45, 2.75) is 19.8 Å². The van der Waals surface area contributed by atoms with Crippen molar-refractivity contribution in [3.8, 4) is 0 Å². The fraction of sp³-hybridized carbons (Fsp3) is 1.00. The summed E-state index contributed by atoms with van der Waals surface area (Å²) in [6.45, 7) is 2.66. The molecule has 0 saturated carbocycles. The van der Waals surface area contributed by atoms with Gasteiger partial charge in [0.15, 0.2) is 0 Å². The number of rotatable bonds is 4. The Labute approximate surface area is 58.5 Å². The van der Waals surface area contributed by atoms with Crippen molar-refractivity contribution in [2.75, 3.05) is 13.6 Å². The lowest BCUT2D eigenvalue weighted by Gasteiger charge is -2.17. The molecular weight excluding hydrogens is 138 g/mol. The molecule has 0 N–H and O–H groups in total. The summed E-state index contributed by atoms with van der Waals surface area (Å²) in [5.41, 5.74) is 0. The summed E-state index contributed by atoms with van der Waals surface area (Å²) < 4.78 is 21.6. The number of hydrogen-bond donors (Lipinski definition) is 0. The van der Waals surface area contributed by atoms with Crippen LogP contribution in [0.2, 0.25) is 0 Å². The Kier molecular flexibility index (Phi) is 4.94. The third-order valence-electron chi connectivity index (χ3n) is 1.08. The first-order valence-electron chi connectivity index (χ1n) is 2.99. The van der Waals surface area contributed by atoms with E-state index in [1.807, 2.05) is 6.92 Å². The van der Waals surface area contributed by atoms with E-state index in [2.05, 4.69) is 0 Å². The van der Waals surface area contributed by atoms with E-state index < -0.39 is 11.3 Å². The van der Waals surface area contributed by atoms with Gasteiger partial charge in [0.25, 0.3) is 0 Å². The average molecular weight is 150 g/mol. The summed E-state index contributed by atoms with van der Waals surface area (Å²) in [5, 5.41) is 0. The third-order valence-corrected chi connectivity index (χ3v) is 1.77. The van der Waals surface area contributed by atoms with Crippen LogP contribution in [0.25, 0.3) is 0 Å². The molecule has 0 radical (unpaired) electrons. The minimum Gasteiger partial charge on any atom is -0.760 e. The highest BCUT2D eigenvalue weighted by molar-refractivity contribution is 7.76. The summed E-state index contributed by atoms with van der Waals surface area (Å²) in [5.74, 6) is 0. The molecule has 4 heteroatoms. The van der Waals surface area contributed by atoms with Crippen molar-refractivity contribution in [3.05, 3.63) is 0 Å². The first-order valence-corrected chi connectivity index (χ1v) is 4.02. The van der Waals surface area contributed by atoms with Crippen LogP contribution in [0.15, 0.2) is 0 Å². The Morgan fingerprint density at radius 1 is 1.67 bits per heavy atom. The van der Waals surface area contributed by atoms with Gasteiger partial charge in [-0.05, 0) is 13.5 Å². The van der Waals surface area contributed by atoms with Gasteiger partial charge in [-0.15, -0.1) is 0 Å². The summed E-state index contributed by atoms with van der Waals surface area (Å²) in [6, 6.07) is 0. The van der Waals surface area contributed by atoms with E-state index in [4.69, 9.17) is 0 Å². The van der Waals surface area contributed by atoms with Gasteiger partial charge in [-0.2, -0.15) is 0 Å². The fourth-order valence-electron chi connectivity index (χ4n) is 0.455. The molecule has 9 heavy (non-hydrogen) atoms. The van der Waals surface area contributed by atoms with Crippen LogP contribution in [0.1, 0.15) is 19.8 Å². The van der Waals surface area contributed by atoms with Crippen LogP contribution in [0.5, 0.6) is 0 Å². The van der Waals surface area contributed by atoms with Gasteiger partial charge in [0.05, 0.1) is 0 Å². The molecule has 1 atom stereocenters. The molecule has 0 amide bonds. The predicted octanol–water partition coefficient (Wildman–Crippen LogP) is 0.512. The first kappa shape index (κ1) is 9.07. The van der Waals surface area contributed by atoms with Gasteiger partial charge in [-0.25, -0.2) is 4.31 Å². The van der Waals surface area contributed by atoms with Crippen LogP contribution in [0.3, 0.4) is 0 Å². The highest BCUT2D eigenvalue weighted by Gasteiger charge is 1.93. The van der Waals surface area contributed by atoms with E-state index in [1.54, 1.807) is 7.05 Å². The standard InChI is InChI=1S/C5H13NO2S/c1-3-4-5-6(2)9(7)8/h3-5H2,1-2H3,(H,7,8)/p-1. The maximum atomic E-state index is 10.1. The Morgan fingerprint density at radius 2 is 2.22 bits per heavy atom. The molecule has 0 aromatic heterocycles. The van der Waals surface area contributed by atoms with Crippen molar-refractivity contribution < 1.29 is 8.76 Å². The molecular formula is C5H12NO2S-. The zero-order chi connectivity index (χ0) is 7.28. The maximum Gasteiger partial charge on any atom is 0.0206 e. The normalized spacial score (nSPS) is 14.2. The zero-order valence-corrected chi connectivity index (χ0v) is 6.61. The Balaban J connectivity index is 3.27. The maximum absolute atomic E-state index is 10.1. The highest BCUT2D eigenvalue weighted by Crippen LogP contribution is 1.92. The monoisotopic (exact) mass is 150 g/mol. The lowest BCUT2D eigenvalue weighted by atomic mass is 10.3. The minimum absolute atomic E-state index is 0.632. The molecule has 0 heterocycles. The van der Waals surface area contributed by atoms with Gasteiger partial charge in [-0.1, -0.05) is 13.3 Å². The molecule has 0 aliphatic heterocycles. The fourth-order valence-corrected chi connectivity index (χ4v) is 0.733. The quantitative estimate of drug-likeness (QED) is 0.548. The van der Waals surface area contributed by atoms with Crippen LogP contribution < -0.4 is 0 Å². The second-order valence-electron chi connectivity index (χ2n) is 1.92. The lowest BCUT2D eigenvalue weighted by Crippen LogP contribution is -2.21. The Hall–Kier alpha value is 0.0700. The molecule has 1 unspecified atom stereocenters. The van der Waals surface area contributed by atoms with Gasteiger partial charge < -0.3 is 4.55 Å². The van der Waals surface area contributed by atoms with Gasteiger partial charge in [0.1, 0.15) is 0 Å². The van der Waals surface area contributed by atoms with Crippen LogP contribution in [-0.4, -0.2) is 26.7 Å². The van der Waals surface area contributed by atoms with Crippen LogP contribution >= 0.6 is 0 Å². The average Bonchev–Trinajstić information content (AvgIpc) is 1.82. The molecule has 0 aromatic carbocycles. The molecule has 0 aliphatic carbocycles. The molecule has 0 saturated heterocycles. The number of hydrogen-bond acceptors (Lipinski definition) is 2.